The van der Waals surface area contributed by atoms with Crippen molar-refractivity contribution in [1.29, 1.82) is 0 Å². The van der Waals surface area contributed by atoms with Gasteiger partial charge in [0, 0.05) is 17.4 Å². The maximum atomic E-state index is 13.1. The number of nitrogens with one attached hydrogen (secondary N) is 3. The Bertz CT molecular complexity index is 1140. The van der Waals surface area contributed by atoms with Crippen molar-refractivity contribution in [1.82, 2.24) is 20.2 Å². The van der Waals surface area contributed by atoms with Crippen LogP contribution in [0.1, 0.15) is 18.2 Å². The molecule has 9 heteroatoms. The Morgan fingerprint density at radius 2 is 1.91 bits per heavy atom. The first-order valence-corrected chi connectivity index (χ1v) is 10.2. The number of benzene rings is 2. The summed E-state index contributed by atoms with van der Waals surface area (Å²) in [5.74, 6) is -2.07. The zero-order valence-corrected chi connectivity index (χ0v) is 17.4. The lowest BCUT2D eigenvalue weighted by Gasteiger charge is -2.25. The zero-order chi connectivity index (χ0) is 22.7. The number of urea groups is 1. The number of carboxylic acids is 1. The molecule has 0 aliphatic carbocycles. The Kier molecular flexibility index (Phi) is 5.89. The van der Waals surface area contributed by atoms with E-state index in [1.54, 1.807) is 30.5 Å². The highest BCUT2D eigenvalue weighted by Crippen LogP contribution is 2.26. The average molecular weight is 433 g/mol. The largest absolute Gasteiger partial charge is 0.481 e. The van der Waals surface area contributed by atoms with Crippen molar-refractivity contribution < 1.29 is 19.5 Å². The topological polar surface area (TPSA) is 127 Å². The second kappa shape index (κ2) is 8.93. The molecule has 2 atom stereocenters. The Balaban J connectivity index is 1.51. The lowest BCUT2D eigenvalue weighted by molar-refractivity contribution is -0.145. The molecular weight excluding hydrogens is 410 g/mol. The number of para-hydroxylation sites is 1. The van der Waals surface area contributed by atoms with E-state index in [1.165, 1.54) is 6.92 Å². The van der Waals surface area contributed by atoms with Gasteiger partial charge < -0.3 is 20.7 Å². The van der Waals surface area contributed by atoms with Crippen molar-refractivity contribution >= 4 is 23.6 Å². The van der Waals surface area contributed by atoms with Crippen LogP contribution in [0.5, 0.6) is 0 Å². The number of amides is 3. The number of carbonyl (C=O) groups is 3. The number of nitrogens with zero attached hydrogens (tertiary/aromatic N) is 2. The highest BCUT2D eigenvalue weighted by molar-refractivity contribution is 6.01. The molecule has 3 aromatic rings. The van der Waals surface area contributed by atoms with Crippen LogP contribution in [-0.2, 0) is 22.7 Å². The number of carbonyl (C=O) groups excluding carboxylic acids is 2. The fraction of sp³-hybridized carbons (Fsp3) is 0.217. The molecule has 3 amide bonds. The summed E-state index contributed by atoms with van der Waals surface area (Å²) in [6, 6.07) is 15.0. The number of hydrogen-bond acceptors (Lipinski definition) is 5. The van der Waals surface area contributed by atoms with Gasteiger partial charge in [-0.3, -0.25) is 14.5 Å². The standard InChI is InChI=1S/C23H23N5O4/c1-14(22(30)31)19-21(29)28(13-16-9-5-6-10-18(16)27-19)23(32)25-12-17-11-24-20(26-17)15-7-3-2-4-8-15/h2-11,14,19,27H,12-13H2,1H3,(H,24,26)(H,25,32)(H,30,31). The summed E-state index contributed by atoms with van der Waals surface area (Å²) in [7, 11) is 0. The van der Waals surface area contributed by atoms with Gasteiger partial charge in [0.15, 0.2) is 0 Å². The van der Waals surface area contributed by atoms with E-state index in [2.05, 4.69) is 20.6 Å². The number of imide groups is 1. The van der Waals surface area contributed by atoms with E-state index in [4.69, 9.17) is 0 Å². The molecule has 164 valence electrons. The number of anilines is 1. The fourth-order valence-electron chi connectivity index (χ4n) is 3.55. The maximum absolute atomic E-state index is 13.1. The van der Waals surface area contributed by atoms with Crippen LogP contribution < -0.4 is 10.6 Å². The van der Waals surface area contributed by atoms with Gasteiger partial charge >= 0.3 is 12.0 Å². The van der Waals surface area contributed by atoms with E-state index in [9.17, 15) is 19.5 Å². The van der Waals surface area contributed by atoms with Gasteiger partial charge in [-0.1, -0.05) is 48.5 Å². The van der Waals surface area contributed by atoms with Crippen LogP contribution in [0.4, 0.5) is 10.5 Å². The minimum Gasteiger partial charge on any atom is -0.481 e. The molecule has 0 bridgehead atoms. The summed E-state index contributed by atoms with van der Waals surface area (Å²) in [6.07, 6.45) is 1.69. The highest BCUT2D eigenvalue weighted by atomic mass is 16.4. The molecule has 0 fully saturated rings. The summed E-state index contributed by atoms with van der Waals surface area (Å²) in [5, 5.41) is 15.2. The number of aliphatic carboxylic acids is 1. The molecule has 0 spiro atoms. The van der Waals surface area contributed by atoms with E-state index in [0.29, 0.717) is 17.2 Å². The number of rotatable bonds is 5. The van der Waals surface area contributed by atoms with Gasteiger partial charge in [0.1, 0.15) is 11.9 Å². The Hall–Kier alpha value is -4.14. The highest BCUT2D eigenvalue weighted by Gasteiger charge is 2.38. The van der Waals surface area contributed by atoms with E-state index in [-0.39, 0.29) is 13.1 Å². The van der Waals surface area contributed by atoms with E-state index in [0.717, 1.165) is 16.0 Å². The third-order valence-electron chi connectivity index (χ3n) is 5.42. The molecule has 2 heterocycles. The van der Waals surface area contributed by atoms with E-state index in [1.807, 2.05) is 30.3 Å². The maximum Gasteiger partial charge on any atom is 0.324 e. The first-order chi connectivity index (χ1) is 15.4. The molecule has 2 unspecified atom stereocenters. The molecule has 0 saturated carbocycles. The number of H-pyrrole nitrogens is 1. The third kappa shape index (κ3) is 4.31. The van der Waals surface area contributed by atoms with Crippen LogP contribution >= 0.6 is 0 Å². The first-order valence-electron chi connectivity index (χ1n) is 10.2. The molecule has 0 radical (unpaired) electrons. The molecule has 32 heavy (non-hydrogen) atoms. The summed E-state index contributed by atoms with van der Waals surface area (Å²) in [4.78, 5) is 46.2. The second-order valence-corrected chi connectivity index (χ2v) is 7.60. The lowest BCUT2D eigenvalue weighted by atomic mass is 10.0. The van der Waals surface area contributed by atoms with Gasteiger partial charge in [0.25, 0.3) is 5.91 Å². The quantitative estimate of drug-likeness (QED) is 0.490. The van der Waals surface area contributed by atoms with Gasteiger partial charge in [-0.2, -0.15) is 0 Å². The minimum atomic E-state index is -1.12. The average Bonchev–Trinajstić information content (AvgIpc) is 3.23. The van der Waals surface area contributed by atoms with Crippen LogP contribution in [-0.4, -0.2) is 43.9 Å². The van der Waals surface area contributed by atoms with E-state index >= 15 is 0 Å². The first kappa shape index (κ1) is 21.1. The summed E-state index contributed by atoms with van der Waals surface area (Å²) >= 11 is 0. The fourth-order valence-corrected chi connectivity index (χ4v) is 3.55. The van der Waals surface area contributed by atoms with Crippen LogP contribution in [0, 0.1) is 5.92 Å². The number of carboxylic acid groups (broad SMARTS) is 1. The monoisotopic (exact) mass is 433 g/mol. The molecule has 4 rings (SSSR count). The van der Waals surface area contributed by atoms with Crippen molar-refractivity contribution in [2.75, 3.05) is 5.32 Å². The zero-order valence-electron chi connectivity index (χ0n) is 17.4. The number of aromatic amines is 1. The molecule has 9 nitrogen and oxygen atoms in total. The summed E-state index contributed by atoms with van der Waals surface area (Å²) < 4.78 is 0. The predicted molar refractivity (Wildman–Crippen MR) is 117 cm³/mol. The number of imidazole rings is 1. The third-order valence-corrected chi connectivity index (χ3v) is 5.42. The number of fused-ring (bicyclic) bond motifs is 1. The van der Waals surface area contributed by atoms with E-state index < -0.39 is 29.9 Å². The van der Waals surface area contributed by atoms with Gasteiger partial charge in [-0.05, 0) is 18.6 Å². The molecule has 1 aromatic heterocycles. The lowest BCUT2D eigenvalue weighted by Crippen LogP contribution is -2.51. The van der Waals surface area contributed by atoms with Crippen LogP contribution in [0.25, 0.3) is 11.4 Å². The number of hydrogen-bond donors (Lipinski definition) is 4. The molecule has 2 aromatic carbocycles. The SMILES string of the molecule is CC(C(=O)O)C1Nc2ccccc2CN(C(=O)NCc2c[nH]c(-c3ccccc3)n2)C1=O. The van der Waals surface area contributed by atoms with Crippen molar-refractivity contribution in [3.8, 4) is 11.4 Å². The molecular formula is C23H23N5O4. The van der Waals surface area contributed by atoms with Gasteiger partial charge in [0.05, 0.1) is 24.7 Å². The summed E-state index contributed by atoms with van der Waals surface area (Å²) in [5.41, 5.74) is 2.88. The Morgan fingerprint density at radius 1 is 1.19 bits per heavy atom. The van der Waals surface area contributed by atoms with Gasteiger partial charge in [-0.25, -0.2) is 9.78 Å². The predicted octanol–water partition coefficient (Wildman–Crippen LogP) is 2.83. The molecule has 1 aliphatic heterocycles. The molecule has 4 N–H and O–H groups in total. The van der Waals surface area contributed by atoms with Crippen LogP contribution in [0.2, 0.25) is 0 Å². The Labute approximate surface area is 184 Å². The smallest absolute Gasteiger partial charge is 0.324 e. The molecule has 0 saturated heterocycles. The van der Waals surface area contributed by atoms with Crippen molar-refractivity contribution in [2.45, 2.75) is 26.1 Å². The van der Waals surface area contributed by atoms with Crippen LogP contribution in [0.15, 0.2) is 60.8 Å². The van der Waals surface area contributed by atoms with Crippen molar-refractivity contribution in [3.63, 3.8) is 0 Å². The molecule has 1 aliphatic rings. The minimum absolute atomic E-state index is 0.0342. The normalized spacial score (nSPS) is 16.5. The van der Waals surface area contributed by atoms with Crippen molar-refractivity contribution in [3.05, 3.63) is 72.1 Å². The number of aromatic nitrogens is 2. The van der Waals surface area contributed by atoms with Crippen molar-refractivity contribution in [2.24, 2.45) is 5.92 Å². The summed E-state index contributed by atoms with van der Waals surface area (Å²) in [6.45, 7) is 1.59. The van der Waals surface area contributed by atoms with Gasteiger partial charge in [-0.15, -0.1) is 0 Å². The Morgan fingerprint density at radius 3 is 2.66 bits per heavy atom. The van der Waals surface area contributed by atoms with Gasteiger partial charge in [0.2, 0.25) is 0 Å². The second-order valence-electron chi connectivity index (χ2n) is 7.60. The van der Waals surface area contributed by atoms with Crippen LogP contribution in [0.3, 0.4) is 0 Å².